The Morgan fingerprint density at radius 1 is 1.24 bits per heavy atom. The first-order chi connectivity index (χ1) is 10.0. The maximum absolute atomic E-state index is 13.5. The minimum absolute atomic E-state index is 0.182. The molecule has 21 heavy (non-hydrogen) atoms. The molecular weight excluding hydrogens is 329 g/mol. The van der Waals surface area contributed by atoms with Crippen LogP contribution in [-0.2, 0) is 0 Å². The van der Waals surface area contributed by atoms with E-state index in [1.165, 1.54) is 24.8 Å². The molecule has 1 aromatic carbocycles. The van der Waals surface area contributed by atoms with E-state index in [9.17, 15) is 4.39 Å². The normalized spacial score (nSPS) is 27.6. The first-order valence-corrected chi connectivity index (χ1v) is 8.98. The van der Waals surface area contributed by atoms with Crippen LogP contribution in [-0.4, -0.2) is 6.54 Å². The number of nitrogens with one attached hydrogen (secondary N) is 1. The van der Waals surface area contributed by atoms with Gasteiger partial charge in [-0.3, -0.25) is 0 Å². The van der Waals surface area contributed by atoms with E-state index in [4.69, 9.17) is 0 Å². The van der Waals surface area contributed by atoms with E-state index in [1.54, 1.807) is 6.07 Å². The lowest BCUT2D eigenvalue weighted by molar-refractivity contribution is 0.176. The van der Waals surface area contributed by atoms with Crippen molar-refractivity contribution in [3.05, 3.63) is 34.1 Å². The molecule has 1 aromatic rings. The van der Waals surface area contributed by atoms with Gasteiger partial charge in [0.25, 0.3) is 0 Å². The van der Waals surface area contributed by atoms with Gasteiger partial charge in [-0.25, -0.2) is 4.39 Å². The van der Waals surface area contributed by atoms with E-state index in [2.05, 4.69) is 42.0 Å². The largest absolute Gasteiger partial charge is 0.310 e. The van der Waals surface area contributed by atoms with Gasteiger partial charge in [0, 0.05) is 6.04 Å². The average Bonchev–Trinajstić information content (AvgIpc) is 2.42. The Balaban J connectivity index is 2.22. The molecule has 0 bridgehead atoms. The maximum atomic E-state index is 13.5. The van der Waals surface area contributed by atoms with Gasteiger partial charge in [-0.1, -0.05) is 26.8 Å². The van der Waals surface area contributed by atoms with Crippen molar-refractivity contribution in [3.8, 4) is 0 Å². The fraction of sp³-hybridized carbons (Fsp3) is 0.667. The molecule has 0 heterocycles. The van der Waals surface area contributed by atoms with E-state index < -0.39 is 0 Å². The average molecular weight is 356 g/mol. The molecule has 0 radical (unpaired) electrons. The molecular formula is C18H27BrFN. The molecule has 1 aliphatic rings. The zero-order chi connectivity index (χ0) is 15.4. The molecule has 3 unspecified atom stereocenters. The summed E-state index contributed by atoms with van der Waals surface area (Å²) in [5.41, 5.74) is 1.21. The van der Waals surface area contributed by atoms with Crippen LogP contribution in [0.4, 0.5) is 4.39 Å². The van der Waals surface area contributed by atoms with E-state index >= 15 is 0 Å². The van der Waals surface area contributed by atoms with Gasteiger partial charge in [0.1, 0.15) is 5.82 Å². The van der Waals surface area contributed by atoms with Crippen LogP contribution in [0.5, 0.6) is 0 Å². The van der Waals surface area contributed by atoms with Gasteiger partial charge in [-0.15, -0.1) is 0 Å². The summed E-state index contributed by atoms with van der Waals surface area (Å²) in [5.74, 6) is 2.04. The predicted molar refractivity (Wildman–Crippen MR) is 90.8 cm³/mol. The highest BCUT2D eigenvalue weighted by Crippen LogP contribution is 2.40. The van der Waals surface area contributed by atoms with Crippen LogP contribution in [0.25, 0.3) is 0 Å². The summed E-state index contributed by atoms with van der Waals surface area (Å²) >= 11 is 3.33. The summed E-state index contributed by atoms with van der Waals surface area (Å²) in [4.78, 5) is 0. The van der Waals surface area contributed by atoms with Crippen LogP contribution in [0.2, 0.25) is 0 Å². The Labute approximate surface area is 136 Å². The van der Waals surface area contributed by atoms with Crippen LogP contribution in [0.3, 0.4) is 0 Å². The molecule has 3 heteroatoms. The topological polar surface area (TPSA) is 12.0 Å². The second-order valence-corrected chi connectivity index (χ2v) is 7.64. The standard InChI is InChI=1S/C18H27BrFN/c1-4-7-21-18(14-5-6-17(20)16(19)11-14)15-9-12(2)8-13(3)10-15/h5-6,11-13,15,18,21H,4,7-10H2,1-3H3. The van der Waals surface area contributed by atoms with Gasteiger partial charge in [0.15, 0.2) is 0 Å². The second-order valence-electron chi connectivity index (χ2n) is 6.78. The minimum Gasteiger partial charge on any atom is -0.310 e. The van der Waals surface area contributed by atoms with Crippen molar-refractivity contribution >= 4 is 15.9 Å². The van der Waals surface area contributed by atoms with Crippen LogP contribution in [0.15, 0.2) is 22.7 Å². The Hall–Kier alpha value is -0.410. The van der Waals surface area contributed by atoms with Gasteiger partial charge in [0.2, 0.25) is 0 Å². The number of benzene rings is 1. The van der Waals surface area contributed by atoms with E-state index in [1.807, 2.05) is 12.1 Å². The monoisotopic (exact) mass is 355 g/mol. The molecule has 0 aliphatic heterocycles. The number of halogens is 2. The highest BCUT2D eigenvalue weighted by Gasteiger charge is 2.30. The van der Waals surface area contributed by atoms with Crippen LogP contribution in [0.1, 0.15) is 58.1 Å². The molecule has 0 saturated heterocycles. The molecule has 118 valence electrons. The van der Waals surface area contributed by atoms with Crippen LogP contribution in [0, 0.1) is 23.6 Å². The van der Waals surface area contributed by atoms with Crippen molar-refractivity contribution in [2.24, 2.45) is 17.8 Å². The van der Waals surface area contributed by atoms with E-state index in [-0.39, 0.29) is 5.82 Å². The van der Waals surface area contributed by atoms with Crippen molar-refractivity contribution in [1.29, 1.82) is 0 Å². The van der Waals surface area contributed by atoms with Crippen molar-refractivity contribution < 1.29 is 4.39 Å². The molecule has 3 atom stereocenters. The molecule has 0 amide bonds. The first kappa shape index (κ1) is 17.0. The van der Waals surface area contributed by atoms with E-state index in [0.717, 1.165) is 24.8 Å². The Bertz CT molecular complexity index is 453. The lowest BCUT2D eigenvalue weighted by Gasteiger charge is -2.37. The summed E-state index contributed by atoms with van der Waals surface area (Å²) in [6.45, 7) is 7.93. The summed E-state index contributed by atoms with van der Waals surface area (Å²) in [6, 6.07) is 5.81. The highest BCUT2D eigenvalue weighted by molar-refractivity contribution is 9.10. The van der Waals surface area contributed by atoms with Crippen molar-refractivity contribution in [2.75, 3.05) is 6.54 Å². The van der Waals surface area contributed by atoms with Gasteiger partial charge in [-0.05, 0) is 83.6 Å². The van der Waals surface area contributed by atoms with Gasteiger partial charge in [-0.2, -0.15) is 0 Å². The van der Waals surface area contributed by atoms with Gasteiger partial charge >= 0.3 is 0 Å². The lowest BCUT2D eigenvalue weighted by Crippen LogP contribution is -2.33. The lowest BCUT2D eigenvalue weighted by atomic mass is 9.72. The third kappa shape index (κ3) is 4.53. The SMILES string of the molecule is CCCNC(c1ccc(F)c(Br)c1)C1CC(C)CC(C)C1. The Morgan fingerprint density at radius 3 is 2.48 bits per heavy atom. The predicted octanol–water partition coefficient (Wildman–Crippen LogP) is 5.70. The van der Waals surface area contributed by atoms with Crippen LogP contribution < -0.4 is 5.32 Å². The number of hydrogen-bond acceptors (Lipinski definition) is 1. The van der Waals surface area contributed by atoms with Crippen molar-refractivity contribution in [1.82, 2.24) is 5.32 Å². The van der Waals surface area contributed by atoms with Crippen LogP contribution >= 0.6 is 15.9 Å². The van der Waals surface area contributed by atoms with Gasteiger partial charge in [0.05, 0.1) is 4.47 Å². The number of rotatable bonds is 5. The van der Waals surface area contributed by atoms with E-state index in [0.29, 0.717) is 16.4 Å². The molecule has 0 spiro atoms. The summed E-state index contributed by atoms with van der Waals surface area (Å²) in [7, 11) is 0. The Morgan fingerprint density at radius 2 is 1.90 bits per heavy atom. The van der Waals surface area contributed by atoms with Gasteiger partial charge < -0.3 is 5.32 Å². The quantitative estimate of drug-likeness (QED) is 0.713. The third-order valence-corrected chi connectivity index (χ3v) is 5.21. The minimum atomic E-state index is -0.182. The smallest absolute Gasteiger partial charge is 0.137 e. The molecule has 1 aliphatic carbocycles. The molecule has 1 nitrogen and oxygen atoms in total. The maximum Gasteiger partial charge on any atom is 0.137 e. The molecule has 2 rings (SSSR count). The molecule has 0 aromatic heterocycles. The second kappa shape index (κ2) is 7.73. The zero-order valence-electron chi connectivity index (χ0n) is 13.3. The first-order valence-electron chi connectivity index (χ1n) is 8.19. The highest BCUT2D eigenvalue weighted by atomic mass is 79.9. The third-order valence-electron chi connectivity index (χ3n) is 4.60. The summed E-state index contributed by atoms with van der Waals surface area (Å²) in [5, 5.41) is 3.70. The fourth-order valence-corrected chi connectivity index (χ4v) is 4.24. The fourth-order valence-electron chi connectivity index (χ4n) is 3.84. The molecule has 1 saturated carbocycles. The summed E-state index contributed by atoms with van der Waals surface area (Å²) < 4.78 is 14.1. The Kier molecular flexibility index (Phi) is 6.24. The molecule has 1 fully saturated rings. The number of hydrogen-bond donors (Lipinski definition) is 1. The summed E-state index contributed by atoms with van der Waals surface area (Å²) in [6.07, 6.45) is 4.99. The zero-order valence-corrected chi connectivity index (χ0v) is 14.9. The van der Waals surface area contributed by atoms with Crippen molar-refractivity contribution in [2.45, 2.75) is 52.5 Å². The van der Waals surface area contributed by atoms with Crippen molar-refractivity contribution in [3.63, 3.8) is 0 Å². The molecule has 1 N–H and O–H groups in total.